The molecule has 0 amide bonds. The summed E-state index contributed by atoms with van der Waals surface area (Å²) in [4.78, 5) is 4.30. The molecule has 0 unspecified atom stereocenters. The van der Waals surface area contributed by atoms with E-state index >= 15 is 0 Å². The standard InChI is InChI=1S/C19H21N3O5S/c1-4-18-20-19(21-27-18)14-12-13(10-11-16(14)25-3)28(23,24)22-15-8-6-7-9-17(15)26-5-2/h6-12,22H,4-5H2,1-3H3. The number of hydrogen-bond donors (Lipinski definition) is 1. The third-order valence-corrected chi connectivity index (χ3v) is 5.29. The molecule has 0 aliphatic rings. The Kier molecular flexibility index (Phi) is 5.84. The van der Waals surface area contributed by atoms with Gasteiger partial charge in [-0.25, -0.2) is 8.42 Å². The predicted octanol–water partition coefficient (Wildman–Crippen LogP) is 3.51. The van der Waals surface area contributed by atoms with E-state index in [1.807, 2.05) is 13.8 Å². The van der Waals surface area contributed by atoms with Crippen LogP contribution < -0.4 is 14.2 Å². The highest BCUT2D eigenvalue weighted by molar-refractivity contribution is 7.92. The van der Waals surface area contributed by atoms with Gasteiger partial charge in [-0.15, -0.1) is 0 Å². The molecule has 0 spiro atoms. The van der Waals surface area contributed by atoms with Crippen molar-refractivity contribution >= 4 is 15.7 Å². The Bertz CT molecular complexity index is 1060. The molecular weight excluding hydrogens is 382 g/mol. The zero-order chi connectivity index (χ0) is 20.1. The number of hydrogen-bond acceptors (Lipinski definition) is 7. The number of rotatable bonds is 8. The largest absolute Gasteiger partial charge is 0.496 e. The van der Waals surface area contributed by atoms with Gasteiger partial charge in [-0.3, -0.25) is 4.72 Å². The van der Waals surface area contributed by atoms with Gasteiger partial charge in [0, 0.05) is 6.42 Å². The third kappa shape index (κ3) is 4.09. The lowest BCUT2D eigenvalue weighted by Crippen LogP contribution is -2.14. The first-order valence-corrected chi connectivity index (χ1v) is 10.2. The molecule has 3 aromatic rings. The summed E-state index contributed by atoms with van der Waals surface area (Å²) in [6.45, 7) is 4.13. The third-order valence-electron chi connectivity index (χ3n) is 3.92. The summed E-state index contributed by atoms with van der Waals surface area (Å²) in [6, 6.07) is 11.3. The molecule has 0 aliphatic heterocycles. The Morgan fingerprint density at radius 1 is 1.11 bits per heavy atom. The lowest BCUT2D eigenvalue weighted by atomic mass is 10.2. The van der Waals surface area contributed by atoms with E-state index in [9.17, 15) is 8.42 Å². The van der Waals surface area contributed by atoms with Gasteiger partial charge in [-0.05, 0) is 37.3 Å². The van der Waals surface area contributed by atoms with Gasteiger partial charge in [0.25, 0.3) is 10.0 Å². The van der Waals surface area contributed by atoms with E-state index in [1.165, 1.54) is 19.2 Å². The van der Waals surface area contributed by atoms with Crippen LogP contribution in [-0.2, 0) is 16.4 Å². The lowest BCUT2D eigenvalue weighted by molar-refractivity contribution is 0.342. The van der Waals surface area contributed by atoms with Crippen molar-refractivity contribution in [3.63, 3.8) is 0 Å². The van der Waals surface area contributed by atoms with Crippen LogP contribution in [0.1, 0.15) is 19.7 Å². The topological polar surface area (TPSA) is 104 Å². The number of aryl methyl sites for hydroxylation is 1. The fraction of sp³-hybridized carbons (Fsp3) is 0.263. The summed E-state index contributed by atoms with van der Waals surface area (Å²) in [5.41, 5.74) is 0.779. The van der Waals surface area contributed by atoms with E-state index in [0.717, 1.165) is 0 Å². The Morgan fingerprint density at radius 2 is 1.89 bits per heavy atom. The Morgan fingerprint density at radius 3 is 2.57 bits per heavy atom. The number of aromatic nitrogens is 2. The lowest BCUT2D eigenvalue weighted by Gasteiger charge is -2.14. The van der Waals surface area contributed by atoms with Crippen LogP contribution in [0, 0.1) is 0 Å². The number of nitrogens with zero attached hydrogens (tertiary/aromatic N) is 2. The highest BCUT2D eigenvalue weighted by atomic mass is 32.2. The number of benzene rings is 2. The molecular formula is C19H21N3O5S. The van der Waals surface area contributed by atoms with Crippen molar-refractivity contribution in [1.82, 2.24) is 10.1 Å². The van der Waals surface area contributed by atoms with Gasteiger partial charge >= 0.3 is 0 Å². The molecule has 2 aromatic carbocycles. The first-order chi connectivity index (χ1) is 13.5. The minimum atomic E-state index is -3.88. The predicted molar refractivity (Wildman–Crippen MR) is 104 cm³/mol. The van der Waals surface area contributed by atoms with Crippen molar-refractivity contribution in [2.75, 3.05) is 18.4 Å². The van der Waals surface area contributed by atoms with Gasteiger partial charge in [0.1, 0.15) is 11.5 Å². The van der Waals surface area contributed by atoms with E-state index in [-0.39, 0.29) is 10.7 Å². The molecule has 1 aromatic heterocycles. The summed E-state index contributed by atoms with van der Waals surface area (Å²) in [5.74, 6) is 1.61. The van der Waals surface area contributed by atoms with Crippen LogP contribution >= 0.6 is 0 Å². The van der Waals surface area contributed by atoms with Gasteiger partial charge in [0.2, 0.25) is 11.7 Å². The van der Waals surface area contributed by atoms with Gasteiger partial charge < -0.3 is 14.0 Å². The van der Waals surface area contributed by atoms with Crippen LogP contribution in [0.5, 0.6) is 11.5 Å². The zero-order valence-corrected chi connectivity index (χ0v) is 16.6. The highest BCUT2D eigenvalue weighted by Crippen LogP contribution is 2.32. The molecule has 148 valence electrons. The summed E-state index contributed by atoms with van der Waals surface area (Å²) in [6.07, 6.45) is 0.572. The van der Waals surface area contributed by atoms with E-state index in [2.05, 4.69) is 14.9 Å². The molecule has 1 N–H and O–H groups in total. The molecule has 0 aliphatic carbocycles. The Hall–Kier alpha value is -3.07. The van der Waals surface area contributed by atoms with Crippen molar-refractivity contribution in [1.29, 1.82) is 0 Å². The number of sulfonamides is 1. The van der Waals surface area contributed by atoms with Gasteiger partial charge in [-0.1, -0.05) is 24.2 Å². The van der Waals surface area contributed by atoms with Crippen LogP contribution in [0.15, 0.2) is 51.9 Å². The van der Waals surface area contributed by atoms with E-state index in [0.29, 0.717) is 41.7 Å². The van der Waals surface area contributed by atoms with Crippen LogP contribution in [0.2, 0.25) is 0 Å². The molecule has 8 nitrogen and oxygen atoms in total. The second-order valence-electron chi connectivity index (χ2n) is 5.76. The maximum atomic E-state index is 12.9. The maximum Gasteiger partial charge on any atom is 0.262 e. The van der Waals surface area contributed by atoms with Gasteiger partial charge in [0.05, 0.1) is 29.9 Å². The molecule has 3 rings (SSSR count). The fourth-order valence-corrected chi connectivity index (χ4v) is 3.67. The van der Waals surface area contributed by atoms with Crippen molar-refractivity contribution < 1.29 is 22.4 Å². The Labute approximate surface area is 163 Å². The van der Waals surface area contributed by atoms with Crippen molar-refractivity contribution in [2.45, 2.75) is 25.2 Å². The number of methoxy groups -OCH3 is 1. The van der Waals surface area contributed by atoms with E-state index < -0.39 is 10.0 Å². The molecule has 0 bridgehead atoms. The number of ether oxygens (including phenoxy) is 2. The second-order valence-corrected chi connectivity index (χ2v) is 7.44. The van der Waals surface area contributed by atoms with Crippen LogP contribution in [0.25, 0.3) is 11.4 Å². The summed E-state index contributed by atoms with van der Waals surface area (Å²) >= 11 is 0. The Balaban J connectivity index is 2.00. The molecule has 0 saturated heterocycles. The molecule has 1 heterocycles. The van der Waals surface area contributed by atoms with E-state index in [4.69, 9.17) is 14.0 Å². The molecule has 9 heteroatoms. The first-order valence-electron chi connectivity index (χ1n) is 8.74. The van der Waals surface area contributed by atoms with Crippen molar-refractivity contribution in [2.24, 2.45) is 0 Å². The zero-order valence-electron chi connectivity index (χ0n) is 15.8. The fourth-order valence-electron chi connectivity index (χ4n) is 2.57. The quantitative estimate of drug-likeness (QED) is 0.614. The average molecular weight is 403 g/mol. The van der Waals surface area contributed by atoms with Crippen LogP contribution in [0.4, 0.5) is 5.69 Å². The van der Waals surface area contributed by atoms with Crippen molar-refractivity contribution in [3.05, 3.63) is 48.4 Å². The van der Waals surface area contributed by atoms with Crippen LogP contribution in [-0.4, -0.2) is 32.3 Å². The monoisotopic (exact) mass is 403 g/mol. The van der Waals surface area contributed by atoms with Crippen LogP contribution in [0.3, 0.4) is 0 Å². The molecule has 0 atom stereocenters. The molecule has 28 heavy (non-hydrogen) atoms. The van der Waals surface area contributed by atoms with Gasteiger partial charge in [0.15, 0.2) is 0 Å². The molecule has 0 saturated carbocycles. The number of anilines is 1. The molecule has 0 fully saturated rings. The number of nitrogens with one attached hydrogen (secondary N) is 1. The summed E-state index contributed by atoms with van der Waals surface area (Å²) in [5, 5.41) is 3.91. The maximum absolute atomic E-state index is 12.9. The normalized spacial score (nSPS) is 11.2. The second kappa shape index (κ2) is 8.30. The minimum Gasteiger partial charge on any atom is -0.496 e. The first kappa shape index (κ1) is 19.7. The molecule has 0 radical (unpaired) electrons. The number of para-hydroxylation sites is 2. The van der Waals surface area contributed by atoms with Crippen molar-refractivity contribution in [3.8, 4) is 22.9 Å². The smallest absolute Gasteiger partial charge is 0.262 e. The average Bonchev–Trinajstić information content (AvgIpc) is 3.18. The van der Waals surface area contributed by atoms with E-state index in [1.54, 1.807) is 30.3 Å². The highest BCUT2D eigenvalue weighted by Gasteiger charge is 2.21. The summed E-state index contributed by atoms with van der Waals surface area (Å²) < 4.78 is 44.4. The minimum absolute atomic E-state index is 0.0393. The summed E-state index contributed by atoms with van der Waals surface area (Å²) in [7, 11) is -2.39. The van der Waals surface area contributed by atoms with Gasteiger partial charge in [-0.2, -0.15) is 4.98 Å². The SMILES string of the molecule is CCOc1ccccc1NS(=O)(=O)c1ccc(OC)c(-c2noc(CC)n2)c1.